The van der Waals surface area contributed by atoms with Gasteiger partial charge in [0.2, 0.25) is 5.91 Å². The molecule has 4 rings (SSSR count). The van der Waals surface area contributed by atoms with E-state index in [1.807, 2.05) is 4.90 Å². The van der Waals surface area contributed by atoms with E-state index < -0.39 is 0 Å². The quantitative estimate of drug-likeness (QED) is 0.928. The highest BCUT2D eigenvalue weighted by Crippen LogP contribution is 2.51. The van der Waals surface area contributed by atoms with E-state index in [0.717, 1.165) is 25.7 Å². The molecule has 3 fully saturated rings. The minimum absolute atomic E-state index is 0.0136. The first kappa shape index (κ1) is 15.5. The number of rotatable bonds is 3. The lowest BCUT2D eigenvalue weighted by molar-refractivity contribution is -0.133. The maximum absolute atomic E-state index is 12.3. The molecular formula is C19H24N2O3. The lowest BCUT2D eigenvalue weighted by atomic mass is 9.65. The summed E-state index contributed by atoms with van der Waals surface area (Å²) in [5.74, 6) is 0.612. The minimum atomic E-state index is -0.240. The molecule has 1 aromatic rings. The van der Waals surface area contributed by atoms with Crippen LogP contribution in [0, 0.1) is 12.8 Å². The smallest absolute Gasteiger partial charge is 0.410 e. The topological polar surface area (TPSA) is 58.6 Å². The summed E-state index contributed by atoms with van der Waals surface area (Å²) < 4.78 is 5.36. The molecule has 5 heteroatoms. The monoisotopic (exact) mass is 328 g/mol. The first-order valence-corrected chi connectivity index (χ1v) is 8.77. The molecule has 2 amide bonds. The Morgan fingerprint density at radius 1 is 1.33 bits per heavy atom. The van der Waals surface area contributed by atoms with Crippen LogP contribution in [-0.2, 0) is 9.53 Å². The lowest BCUT2D eigenvalue weighted by Gasteiger charge is -2.53. The summed E-state index contributed by atoms with van der Waals surface area (Å²) >= 11 is 0. The fraction of sp³-hybridized carbons (Fsp3) is 0.579. The Labute approximate surface area is 142 Å². The summed E-state index contributed by atoms with van der Waals surface area (Å²) in [6, 6.07) is 8.88. The molecule has 3 aliphatic rings. The molecule has 1 aromatic carbocycles. The van der Waals surface area contributed by atoms with E-state index in [0.29, 0.717) is 12.5 Å². The van der Waals surface area contributed by atoms with E-state index in [1.54, 1.807) is 7.05 Å². The second-order valence-electron chi connectivity index (χ2n) is 7.60. The molecule has 0 atom stereocenters. The number of aryl methyl sites for hydroxylation is 1. The van der Waals surface area contributed by atoms with Gasteiger partial charge in [0.1, 0.15) is 6.61 Å². The molecule has 2 aliphatic carbocycles. The van der Waals surface area contributed by atoms with Gasteiger partial charge in [0, 0.05) is 19.0 Å². The van der Waals surface area contributed by atoms with Gasteiger partial charge in [0.05, 0.1) is 5.54 Å². The van der Waals surface area contributed by atoms with Gasteiger partial charge in [-0.1, -0.05) is 29.8 Å². The number of hydrogen-bond acceptors (Lipinski definition) is 3. The van der Waals surface area contributed by atoms with Crippen LogP contribution >= 0.6 is 0 Å². The van der Waals surface area contributed by atoms with Crippen LogP contribution in [0.3, 0.4) is 0 Å². The third-order valence-electron chi connectivity index (χ3n) is 6.03. The third kappa shape index (κ3) is 2.29. The highest BCUT2D eigenvalue weighted by molar-refractivity contribution is 5.81. The Balaban J connectivity index is 1.43. The van der Waals surface area contributed by atoms with Crippen LogP contribution in [-0.4, -0.2) is 42.1 Å². The average molecular weight is 328 g/mol. The SMILES string of the molecule is CNC(=O)C1CC2(COC(=O)N2C2CC(c3cccc(C)c3)C2)C1. The maximum Gasteiger partial charge on any atom is 0.410 e. The molecule has 1 heterocycles. The predicted molar refractivity (Wildman–Crippen MR) is 89.7 cm³/mol. The van der Waals surface area contributed by atoms with Crippen molar-refractivity contribution in [1.82, 2.24) is 10.2 Å². The van der Waals surface area contributed by atoms with Gasteiger partial charge in [-0.15, -0.1) is 0 Å². The van der Waals surface area contributed by atoms with Crippen LogP contribution < -0.4 is 5.32 Å². The highest BCUT2D eigenvalue weighted by Gasteiger charge is 2.60. The average Bonchev–Trinajstić information content (AvgIpc) is 2.82. The Hall–Kier alpha value is -2.04. The Kier molecular flexibility index (Phi) is 3.55. The van der Waals surface area contributed by atoms with Crippen molar-refractivity contribution < 1.29 is 14.3 Å². The molecule has 0 aromatic heterocycles. The van der Waals surface area contributed by atoms with Crippen molar-refractivity contribution in [3.63, 3.8) is 0 Å². The fourth-order valence-electron chi connectivity index (χ4n) is 4.62. The standard InChI is InChI=1S/C19H24N2O3/c1-12-4-3-5-13(6-12)14-7-16(8-14)21-18(23)24-11-19(21)9-15(10-19)17(22)20-2/h3-6,14-16H,7-11H2,1-2H3,(H,20,22). The van der Waals surface area contributed by atoms with Crippen molar-refractivity contribution in [3.8, 4) is 0 Å². The van der Waals surface area contributed by atoms with E-state index in [2.05, 4.69) is 36.5 Å². The number of carbonyl (C=O) groups excluding carboxylic acids is 2. The molecule has 2 saturated carbocycles. The van der Waals surface area contributed by atoms with E-state index >= 15 is 0 Å². The Bertz CT molecular complexity index is 675. The highest BCUT2D eigenvalue weighted by atomic mass is 16.6. The van der Waals surface area contributed by atoms with Gasteiger partial charge >= 0.3 is 6.09 Å². The first-order valence-electron chi connectivity index (χ1n) is 8.77. The largest absolute Gasteiger partial charge is 0.447 e. The van der Waals surface area contributed by atoms with Crippen molar-refractivity contribution in [2.24, 2.45) is 5.92 Å². The fourth-order valence-corrected chi connectivity index (χ4v) is 4.62. The normalized spacial score (nSPS) is 34.5. The van der Waals surface area contributed by atoms with E-state index in [9.17, 15) is 9.59 Å². The summed E-state index contributed by atoms with van der Waals surface area (Å²) in [5.41, 5.74) is 2.40. The van der Waals surface area contributed by atoms with E-state index in [-0.39, 0.29) is 29.5 Å². The van der Waals surface area contributed by atoms with Gasteiger partial charge in [-0.05, 0) is 44.1 Å². The van der Waals surface area contributed by atoms with Crippen molar-refractivity contribution in [2.75, 3.05) is 13.7 Å². The predicted octanol–water partition coefficient (Wildman–Crippen LogP) is 2.59. The number of nitrogens with one attached hydrogen (secondary N) is 1. The lowest BCUT2D eigenvalue weighted by Crippen LogP contribution is -2.63. The number of nitrogens with zero attached hydrogens (tertiary/aromatic N) is 1. The van der Waals surface area contributed by atoms with Gasteiger partial charge in [-0.2, -0.15) is 0 Å². The molecule has 1 spiro atoms. The van der Waals surface area contributed by atoms with Gasteiger partial charge in [0.25, 0.3) is 0 Å². The van der Waals surface area contributed by atoms with Crippen molar-refractivity contribution in [3.05, 3.63) is 35.4 Å². The van der Waals surface area contributed by atoms with Gasteiger partial charge in [-0.3, -0.25) is 9.69 Å². The second-order valence-corrected chi connectivity index (χ2v) is 7.60. The number of amides is 2. The number of benzene rings is 1. The third-order valence-corrected chi connectivity index (χ3v) is 6.03. The van der Waals surface area contributed by atoms with E-state index in [1.165, 1.54) is 11.1 Å². The maximum atomic E-state index is 12.3. The summed E-state index contributed by atoms with van der Waals surface area (Å²) in [5, 5.41) is 2.71. The molecule has 1 N–H and O–H groups in total. The molecule has 5 nitrogen and oxygen atoms in total. The zero-order valence-corrected chi connectivity index (χ0v) is 14.2. The summed E-state index contributed by atoms with van der Waals surface area (Å²) in [7, 11) is 1.67. The van der Waals surface area contributed by atoms with Crippen LogP contribution in [0.2, 0.25) is 0 Å². The van der Waals surface area contributed by atoms with Crippen LogP contribution in [0.15, 0.2) is 24.3 Å². The van der Waals surface area contributed by atoms with E-state index in [4.69, 9.17) is 4.74 Å². The van der Waals surface area contributed by atoms with Crippen LogP contribution in [0.4, 0.5) is 4.79 Å². The molecule has 24 heavy (non-hydrogen) atoms. The zero-order chi connectivity index (χ0) is 16.9. The summed E-state index contributed by atoms with van der Waals surface area (Å²) in [4.78, 5) is 26.0. The van der Waals surface area contributed by atoms with Crippen molar-refractivity contribution >= 4 is 12.0 Å². The Morgan fingerprint density at radius 3 is 2.75 bits per heavy atom. The first-order chi connectivity index (χ1) is 11.5. The molecule has 128 valence electrons. The molecule has 1 saturated heterocycles. The zero-order valence-electron chi connectivity index (χ0n) is 14.2. The molecule has 0 radical (unpaired) electrons. The number of cyclic esters (lactones) is 1. The molecule has 1 aliphatic heterocycles. The van der Waals surface area contributed by atoms with Gasteiger partial charge in [0.15, 0.2) is 0 Å². The number of ether oxygens (including phenoxy) is 1. The Morgan fingerprint density at radius 2 is 2.08 bits per heavy atom. The number of carbonyl (C=O) groups is 2. The van der Waals surface area contributed by atoms with Gasteiger partial charge < -0.3 is 10.1 Å². The second kappa shape index (κ2) is 5.50. The van der Waals surface area contributed by atoms with Crippen LogP contribution in [0.1, 0.15) is 42.7 Å². The van der Waals surface area contributed by atoms with Crippen molar-refractivity contribution in [2.45, 2.75) is 50.1 Å². The summed E-state index contributed by atoms with van der Waals surface area (Å²) in [6.07, 6.45) is 3.24. The van der Waals surface area contributed by atoms with Crippen molar-refractivity contribution in [1.29, 1.82) is 0 Å². The van der Waals surface area contributed by atoms with Crippen LogP contribution in [0.5, 0.6) is 0 Å². The minimum Gasteiger partial charge on any atom is -0.447 e. The van der Waals surface area contributed by atoms with Gasteiger partial charge in [-0.25, -0.2) is 4.79 Å². The molecular weight excluding hydrogens is 304 g/mol. The summed E-state index contributed by atoms with van der Waals surface area (Å²) in [6.45, 7) is 2.55. The van der Waals surface area contributed by atoms with Crippen LogP contribution in [0.25, 0.3) is 0 Å². The number of hydrogen-bond donors (Lipinski definition) is 1. The molecule has 0 bridgehead atoms. The molecule has 0 unspecified atom stereocenters.